The number of para-hydroxylation sites is 1. The monoisotopic (exact) mass is 578 g/mol. The third kappa shape index (κ3) is 7.16. The van der Waals surface area contributed by atoms with E-state index in [9.17, 15) is 24.0 Å². The highest BCUT2D eigenvalue weighted by molar-refractivity contribution is 7.07. The van der Waals surface area contributed by atoms with E-state index in [1.807, 2.05) is 21.9 Å². The van der Waals surface area contributed by atoms with Gasteiger partial charge in [0.15, 0.2) is 5.57 Å². The Labute approximate surface area is 240 Å². The van der Waals surface area contributed by atoms with Crippen LogP contribution in [0.5, 0.6) is 0 Å². The van der Waals surface area contributed by atoms with Crippen LogP contribution in [0.1, 0.15) is 13.8 Å². The van der Waals surface area contributed by atoms with Gasteiger partial charge in [-0.1, -0.05) is 18.2 Å². The number of pyridine rings is 1. The molecule has 0 saturated carbocycles. The summed E-state index contributed by atoms with van der Waals surface area (Å²) in [6.45, 7) is 6.80. The molecule has 0 bridgehead atoms. The zero-order valence-corrected chi connectivity index (χ0v) is 23.6. The number of hydrogen-bond donors (Lipinski definition) is 3. The lowest BCUT2D eigenvalue weighted by Gasteiger charge is -2.35. The maximum absolute atomic E-state index is 14.1. The van der Waals surface area contributed by atoms with Crippen LogP contribution in [0.2, 0.25) is 0 Å². The summed E-state index contributed by atoms with van der Waals surface area (Å²) < 4.78 is 16.0. The van der Waals surface area contributed by atoms with Crippen molar-refractivity contribution in [1.29, 1.82) is 5.26 Å². The third-order valence-electron chi connectivity index (χ3n) is 6.41. The van der Waals surface area contributed by atoms with E-state index in [0.29, 0.717) is 61.1 Å². The van der Waals surface area contributed by atoms with Crippen molar-refractivity contribution in [2.45, 2.75) is 20.4 Å². The van der Waals surface area contributed by atoms with Crippen LogP contribution in [0.4, 0.5) is 21.7 Å². The van der Waals surface area contributed by atoms with Crippen LogP contribution in [-0.2, 0) is 16.1 Å². The molecule has 0 radical (unpaired) electrons. The second-order valence-corrected chi connectivity index (χ2v) is 10.2. The van der Waals surface area contributed by atoms with Gasteiger partial charge >= 0.3 is 0 Å². The van der Waals surface area contributed by atoms with Crippen molar-refractivity contribution in [2.24, 2.45) is 0 Å². The number of benzene rings is 1. The van der Waals surface area contributed by atoms with Crippen molar-refractivity contribution >= 4 is 52.2 Å². The smallest absolute Gasteiger partial charge is 0.270 e. The fourth-order valence-electron chi connectivity index (χ4n) is 4.40. The van der Waals surface area contributed by atoms with Gasteiger partial charge in [-0.3, -0.25) is 23.9 Å². The Bertz CT molecular complexity index is 1640. The molecule has 13 heteroatoms. The number of carbonyl (C=O) groups is 2. The quantitative estimate of drug-likeness (QED) is 0.341. The Morgan fingerprint density at radius 3 is 2.51 bits per heavy atom. The van der Waals surface area contributed by atoms with Gasteiger partial charge < -0.3 is 20.9 Å². The standard InChI is InChI=1S/C28H31FN8O3S/c1-3-31-26(39)19(16-30)28-37(4-2)27(40)22(41-28)17-32-23-10-7-11-24(33-23)34-25(38)18-35-12-14-36(15-13-35)21-9-6-5-8-20(21)29/h5-11,17H,3-4,12-15,18H2,1-2H3,(H,31,39)(H2,32,33,34,38). The lowest BCUT2D eigenvalue weighted by Crippen LogP contribution is -2.49. The van der Waals surface area contributed by atoms with Gasteiger partial charge in [-0.05, 0) is 38.1 Å². The van der Waals surface area contributed by atoms with Gasteiger partial charge in [0.05, 0.1) is 12.2 Å². The second kappa shape index (κ2) is 13.7. The number of carbonyl (C=O) groups excluding carboxylic acids is 2. The number of thiazole rings is 1. The van der Waals surface area contributed by atoms with E-state index < -0.39 is 5.91 Å². The summed E-state index contributed by atoms with van der Waals surface area (Å²) >= 11 is 1.04. The van der Waals surface area contributed by atoms with Crippen molar-refractivity contribution in [3.05, 3.63) is 67.8 Å². The molecule has 1 aliphatic rings. The normalized spacial score (nSPS) is 14.8. The molecule has 41 heavy (non-hydrogen) atoms. The van der Waals surface area contributed by atoms with Crippen LogP contribution >= 0.6 is 11.3 Å². The van der Waals surface area contributed by atoms with Gasteiger partial charge in [0.25, 0.3) is 11.5 Å². The van der Waals surface area contributed by atoms with Gasteiger partial charge in [-0.15, -0.1) is 11.3 Å². The molecule has 3 aromatic rings. The molecule has 1 fully saturated rings. The average Bonchev–Trinajstić information content (AvgIpc) is 3.28. The highest BCUT2D eigenvalue weighted by atomic mass is 32.1. The largest absolute Gasteiger partial charge is 0.367 e. The zero-order valence-electron chi connectivity index (χ0n) is 22.8. The molecule has 1 aromatic carbocycles. The van der Waals surface area contributed by atoms with Crippen molar-refractivity contribution in [1.82, 2.24) is 19.8 Å². The molecule has 0 aliphatic carbocycles. The predicted octanol–water partition coefficient (Wildman–Crippen LogP) is 0.885. The summed E-state index contributed by atoms with van der Waals surface area (Å²) in [7, 11) is 0. The third-order valence-corrected chi connectivity index (χ3v) is 7.54. The first-order valence-corrected chi connectivity index (χ1v) is 14.0. The van der Waals surface area contributed by atoms with Crippen LogP contribution in [0.3, 0.4) is 0 Å². The number of rotatable bonds is 9. The van der Waals surface area contributed by atoms with Crippen LogP contribution in [0.25, 0.3) is 11.8 Å². The maximum atomic E-state index is 14.1. The van der Waals surface area contributed by atoms with Crippen LogP contribution < -0.4 is 35.6 Å². The minimum absolute atomic E-state index is 0.119. The Morgan fingerprint density at radius 1 is 1.10 bits per heavy atom. The summed E-state index contributed by atoms with van der Waals surface area (Å²) in [5, 5.41) is 17.9. The molecule has 2 amide bonds. The summed E-state index contributed by atoms with van der Waals surface area (Å²) in [6.07, 6.45) is 1.47. The lowest BCUT2D eigenvalue weighted by atomic mass is 10.2. The van der Waals surface area contributed by atoms with Gasteiger partial charge in [-0.25, -0.2) is 9.37 Å². The number of nitrogens with zero attached hydrogens (tertiary/aromatic N) is 5. The van der Waals surface area contributed by atoms with Crippen LogP contribution in [0, 0.1) is 17.1 Å². The van der Waals surface area contributed by atoms with E-state index in [-0.39, 0.29) is 34.1 Å². The molecule has 3 N–H and O–H groups in total. The molecule has 214 valence electrons. The minimum Gasteiger partial charge on any atom is -0.367 e. The number of nitrogens with one attached hydrogen (secondary N) is 3. The SMILES string of the molecule is CCNC(=O)C(C#N)=c1sc(=CNc2cccc(NC(=O)CN3CCN(c4ccccc4F)CC3)n2)c(=O)n1CC. The molecule has 0 atom stereocenters. The molecule has 3 heterocycles. The Balaban J connectivity index is 1.40. The topological polar surface area (TPSA) is 135 Å². The number of piperazine rings is 1. The van der Waals surface area contributed by atoms with Crippen molar-refractivity contribution < 1.29 is 14.0 Å². The summed E-state index contributed by atoms with van der Waals surface area (Å²) in [6, 6.07) is 13.6. The molecule has 1 aliphatic heterocycles. The first kappa shape index (κ1) is 29.4. The minimum atomic E-state index is -0.532. The van der Waals surface area contributed by atoms with E-state index in [2.05, 4.69) is 20.9 Å². The van der Waals surface area contributed by atoms with E-state index in [1.54, 1.807) is 44.2 Å². The fourth-order valence-corrected chi connectivity index (χ4v) is 5.49. The highest BCUT2D eigenvalue weighted by Crippen LogP contribution is 2.20. The van der Waals surface area contributed by atoms with Gasteiger partial charge in [0.2, 0.25) is 5.91 Å². The number of anilines is 3. The van der Waals surface area contributed by atoms with Gasteiger partial charge in [0, 0.05) is 45.5 Å². The summed E-state index contributed by atoms with van der Waals surface area (Å²) in [4.78, 5) is 46.3. The van der Waals surface area contributed by atoms with E-state index in [1.165, 1.54) is 16.8 Å². The first-order valence-electron chi connectivity index (χ1n) is 13.2. The van der Waals surface area contributed by atoms with Crippen molar-refractivity contribution in [2.75, 3.05) is 54.8 Å². The zero-order chi connectivity index (χ0) is 29.4. The molecular weight excluding hydrogens is 547 g/mol. The summed E-state index contributed by atoms with van der Waals surface area (Å²) in [5.41, 5.74) is 0.114. The molecule has 1 saturated heterocycles. The van der Waals surface area contributed by atoms with Gasteiger partial charge in [-0.2, -0.15) is 5.26 Å². The Hall–Kier alpha value is -4.54. The molecule has 2 aromatic heterocycles. The second-order valence-electron chi connectivity index (χ2n) is 9.13. The lowest BCUT2D eigenvalue weighted by molar-refractivity contribution is -0.117. The highest BCUT2D eigenvalue weighted by Gasteiger charge is 2.21. The summed E-state index contributed by atoms with van der Waals surface area (Å²) in [5.74, 6) is -0.276. The number of nitriles is 1. The van der Waals surface area contributed by atoms with Crippen molar-refractivity contribution in [3.63, 3.8) is 0 Å². The molecular formula is C28H31FN8O3S. The van der Waals surface area contributed by atoms with E-state index in [0.717, 1.165) is 11.3 Å². The van der Waals surface area contributed by atoms with Gasteiger partial charge in [0.1, 0.15) is 32.7 Å². The van der Waals surface area contributed by atoms with E-state index >= 15 is 0 Å². The first-order chi connectivity index (χ1) is 19.8. The van der Waals surface area contributed by atoms with E-state index in [4.69, 9.17) is 0 Å². The molecule has 11 nitrogen and oxygen atoms in total. The number of halogens is 1. The predicted molar refractivity (Wildman–Crippen MR) is 157 cm³/mol. The molecule has 0 spiro atoms. The fraction of sp³-hybridized carbons (Fsp3) is 0.321. The van der Waals surface area contributed by atoms with Crippen molar-refractivity contribution in [3.8, 4) is 6.07 Å². The number of hydrogen-bond acceptors (Lipinski definition) is 9. The number of aromatic nitrogens is 2. The van der Waals surface area contributed by atoms with Crippen LogP contribution in [0.15, 0.2) is 47.3 Å². The number of amides is 2. The Kier molecular flexibility index (Phi) is 9.83. The molecule has 4 rings (SSSR count). The molecule has 0 unspecified atom stereocenters. The van der Waals surface area contributed by atoms with Crippen LogP contribution in [-0.4, -0.2) is 65.5 Å². The maximum Gasteiger partial charge on any atom is 0.270 e. The average molecular weight is 579 g/mol. The Morgan fingerprint density at radius 2 is 1.83 bits per heavy atom.